The van der Waals surface area contributed by atoms with Gasteiger partial charge in [-0.25, -0.2) is 31.7 Å². The SMILES string of the molecule is COc1ccc(CN(c2ncns2)S(=O)(=O)c2cc3c(cc2F)OC([C@H](CC(C)(C)CCNC(=O)O)[C@@H](C)NC(=O)O)CC3)c(OC)c1. The molecular weight excluding hydrogens is 669 g/mol. The smallest absolute Gasteiger partial charge is 0.404 e. The summed E-state index contributed by atoms with van der Waals surface area (Å²) in [5.74, 6) is -0.354. The molecule has 2 aromatic carbocycles. The van der Waals surface area contributed by atoms with Gasteiger partial charge in [-0.1, -0.05) is 13.8 Å². The number of nitrogens with zero attached hydrogens (tertiary/aromatic N) is 3. The van der Waals surface area contributed by atoms with Gasteiger partial charge in [0.15, 0.2) is 0 Å². The van der Waals surface area contributed by atoms with E-state index in [0.717, 1.165) is 21.9 Å². The van der Waals surface area contributed by atoms with Crippen molar-refractivity contribution in [2.24, 2.45) is 11.3 Å². The molecule has 0 aliphatic carbocycles. The molecule has 0 radical (unpaired) electrons. The monoisotopic (exact) mass is 709 g/mol. The van der Waals surface area contributed by atoms with Crippen LogP contribution in [0.2, 0.25) is 0 Å². The summed E-state index contributed by atoms with van der Waals surface area (Å²) in [7, 11) is -1.58. The molecule has 2 heterocycles. The van der Waals surface area contributed by atoms with Crippen LogP contribution >= 0.6 is 11.5 Å². The van der Waals surface area contributed by atoms with Crippen molar-refractivity contribution in [3.63, 3.8) is 0 Å². The van der Waals surface area contributed by atoms with E-state index in [0.29, 0.717) is 48.3 Å². The minimum atomic E-state index is -4.52. The van der Waals surface area contributed by atoms with E-state index in [4.69, 9.17) is 19.3 Å². The maximum atomic E-state index is 15.9. The summed E-state index contributed by atoms with van der Waals surface area (Å²) in [6.07, 6.45) is 0.0393. The molecule has 1 aliphatic heterocycles. The molecule has 0 bridgehead atoms. The van der Waals surface area contributed by atoms with Gasteiger partial charge in [0.1, 0.15) is 40.4 Å². The highest BCUT2D eigenvalue weighted by atomic mass is 32.2. The normalized spacial score (nSPS) is 15.8. The highest BCUT2D eigenvalue weighted by Crippen LogP contribution is 2.40. The Bertz CT molecular complexity index is 1710. The van der Waals surface area contributed by atoms with Crippen LogP contribution in [0.15, 0.2) is 41.6 Å². The lowest BCUT2D eigenvalue weighted by atomic mass is 9.74. The van der Waals surface area contributed by atoms with Crippen LogP contribution in [0.1, 0.15) is 51.2 Å². The lowest BCUT2D eigenvalue weighted by Gasteiger charge is -2.39. The van der Waals surface area contributed by atoms with Gasteiger partial charge in [-0.2, -0.15) is 4.37 Å². The van der Waals surface area contributed by atoms with Crippen LogP contribution in [0.3, 0.4) is 0 Å². The molecule has 0 fully saturated rings. The number of hydrogen-bond donors (Lipinski definition) is 4. The molecule has 0 spiro atoms. The summed E-state index contributed by atoms with van der Waals surface area (Å²) in [6.45, 7) is 5.62. The number of benzene rings is 2. The second-order valence-corrected chi connectivity index (χ2v) is 14.8. The molecule has 1 aromatic heterocycles. The molecule has 4 N–H and O–H groups in total. The van der Waals surface area contributed by atoms with E-state index in [1.165, 1.54) is 26.6 Å². The number of halogens is 1. The number of carbonyl (C=O) groups is 2. The molecule has 3 atom stereocenters. The standard InChI is InChI=1S/C31H40FN5O9S2/c1-18(36-30(40)41)22(15-31(2,3)10-11-33-29(38)39)24-9-7-19-12-27(23(32)14-26(19)46-24)48(42,43)37(28-34-17-35-47-28)16-20-6-8-21(44-4)13-25(20)45-5/h6,8,12-14,17-18,22,24,33,36H,7,9-11,15-16H2,1-5H3,(H,38,39)(H,40,41)/t18-,22-,24?/m1/s1. The van der Waals surface area contributed by atoms with Crippen molar-refractivity contribution < 1.29 is 46.8 Å². The molecule has 2 amide bonds. The van der Waals surface area contributed by atoms with Crippen molar-refractivity contribution >= 4 is 38.9 Å². The Kier molecular flexibility index (Phi) is 11.6. The molecule has 1 unspecified atom stereocenters. The van der Waals surface area contributed by atoms with E-state index in [-0.39, 0.29) is 29.9 Å². The number of rotatable bonds is 15. The number of anilines is 1. The number of amides is 2. The molecule has 0 saturated carbocycles. The Hall–Kier alpha value is -4.38. The maximum absolute atomic E-state index is 15.9. The lowest BCUT2D eigenvalue weighted by Crippen LogP contribution is -2.47. The summed E-state index contributed by atoms with van der Waals surface area (Å²) in [5.41, 5.74) is 0.557. The van der Waals surface area contributed by atoms with Gasteiger partial charge in [-0.15, -0.1) is 0 Å². The summed E-state index contributed by atoms with van der Waals surface area (Å²) >= 11 is 0.841. The molecule has 48 heavy (non-hydrogen) atoms. The first kappa shape index (κ1) is 36.5. The van der Waals surface area contributed by atoms with E-state index in [1.54, 1.807) is 25.1 Å². The Morgan fingerprint density at radius 1 is 1.19 bits per heavy atom. The zero-order valence-electron chi connectivity index (χ0n) is 27.2. The van der Waals surface area contributed by atoms with Crippen molar-refractivity contribution in [3.8, 4) is 17.2 Å². The predicted molar refractivity (Wildman–Crippen MR) is 175 cm³/mol. The average Bonchev–Trinajstić information content (AvgIpc) is 3.55. The molecular formula is C31H40FN5O9S2. The van der Waals surface area contributed by atoms with E-state index in [2.05, 4.69) is 20.0 Å². The van der Waals surface area contributed by atoms with Gasteiger partial charge in [-0.3, -0.25) is 0 Å². The minimum absolute atomic E-state index is 0.0326. The number of fused-ring (bicyclic) bond motifs is 1. The second kappa shape index (κ2) is 15.2. The number of aryl methyl sites for hydroxylation is 1. The van der Waals surface area contributed by atoms with Crippen LogP contribution in [-0.2, 0) is 23.0 Å². The van der Waals surface area contributed by atoms with Gasteiger partial charge in [-0.05, 0) is 61.8 Å². The zero-order chi connectivity index (χ0) is 35.2. The van der Waals surface area contributed by atoms with E-state index in [9.17, 15) is 23.1 Å². The van der Waals surface area contributed by atoms with Gasteiger partial charge in [0, 0.05) is 47.7 Å². The molecule has 262 valence electrons. The van der Waals surface area contributed by atoms with Crippen molar-refractivity contribution in [3.05, 3.63) is 53.6 Å². The fraction of sp³-hybridized carbons (Fsp3) is 0.484. The topological polar surface area (TPSA) is 190 Å². The van der Waals surface area contributed by atoms with Gasteiger partial charge in [0.05, 0.1) is 20.8 Å². The van der Waals surface area contributed by atoms with Gasteiger partial charge >= 0.3 is 12.2 Å². The molecule has 0 saturated heterocycles. The number of nitrogens with one attached hydrogen (secondary N) is 2. The zero-order valence-corrected chi connectivity index (χ0v) is 28.9. The summed E-state index contributed by atoms with van der Waals surface area (Å²) in [6, 6.07) is 6.69. The van der Waals surface area contributed by atoms with Crippen molar-refractivity contribution in [1.29, 1.82) is 0 Å². The Balaban J connectivity index is 1.64. The third-order valence-electron chi connectivity index (χ3n) is 8.37. The number of aromatic nitrogens is 2. The highest BCUT2D eigenvalue weighted by molar-refractivity contribution is 7.93. The predicted octanol–water partition coefficient (Wildman–Crippen LogP) is 5.13. The highest BCUT2D eigenvalue weighted by Gasteiger charge is 2.38. The quantitative estimate of drug-likeness (QED) is 0.164. The minimum Gasteiger partial charge on any atom is -0.497 e. The van der Waals surface area contributed by atoms with Crippen molar-refractivity contribution in [1.82, 2.24) is 20.0 Å². The van der Waals surface area contributed by atoms with Gasteiger partial charge < -0.3 is 35.1 Å². The Labute approximate surface area is 282 Å². The molecule has 14 nitrogen and oxygen atoms in total. The Morgan fingerprint density at radius 3 is 2.56 bits per heavy atom. The van der Waals surface area contributed by atoms with Crippen LogP contribution in [-0.4, -0.2) is 73.1 Å². The molecule has 4 rings (SSSR count). The lowest BCUT2D eigenvalue weighted by molar-refractivity contribution is 0.0585. The molecule has 3 aromatic rings. The van der Waals surface area contributed by atoms with E-state index < -0.39 is 50.5 Å². The Morgan fingerprint density at radius 2 is 1.94 bits per heavy atom. The largest absolute Gasteiger partial charge is 0.497 e. The molecule has 1 aliphatic rings. The fourth-order valence-corrected chi connectivity index (χ4v) is 8.10. The number of carboxylic acid groups (broad SMARTS) is 2. The third kappa shape index (κ3) is 8.74. The first-order valence-corrected chi connectivity index (χ1v) is 17.3. The number of ether oxygens (including phenoxy) is 3. The summed E-state index contributed by atoms with van der Waals surface area (Å²) in [5, 5.41) is 23.3. The summed E-state index contributed by atoms with van der Waals surface area (Å²) < 4.78 is 66.0. The first-order valence-electron chi connectivity index (χ1n) is 15.1. The van der Waals surface area contributed by atoms with Gasteiger partial charge in [0.2, 0.25) is 5.13 Å². The summed E-state index contributed by atoms with van der Waals surface area (Å²) in [4.78, 5) is 26.0. The van der Waals surface area contributed by atoms with Crippen molar-refractivity contribution in [2.45, 2.75) is 70.0 Å². The van der Waals surface area contributed by atoms with Crippen LogP contribution < -0.4 is 29.1 Å². The average molecular weight is 710 g/mol. The van der Waals surface area contributed by atoms with Crippen LogP contribution in [0.5, 0.6) is 17.2 Å². The third-order valence-corrected chi connectivity index (χ3v) is 10.9. The molecule has 17 heteroatoms. The van der Waals surface area contributed by atoms with Crippen LogP contribution in [0.25, 0.3) is 0 Å². The maximum Gasteiger partial charge on any atom is 0.404 e. The number of methoxy groups -OCH3 is 2. The van der Waals surface area contributed by atoms with E-state index in [1.807, 2.05) is 13.8 Å². The second-order valence-electron chi connectivity index (χ2n) is 12.3. The van der Waals surface area contributed by atoms with Crippen molar-refractivity contribution in [2.75, 3.05) is 25.1 Å². The van der Waals surface area contributed by atoms with Gasteiger partial charge in [0.25, 0.3) is 10.0 Å². The number of sulfonamides is 1. The van der Waals surface area contributed by atoms with Crippen LogP contribution in [0, 0.1) is 17.2 Å². The fourth-order valence-electron chi connectivity index (χ4n) is 5.87. The van der Waals surface area contributed by atoms with Crippen LogP contribution in [0.4, 0.5) is 19.1 Å². The number of hydrogen-bond acceptors (Lipinski definition) is 10. The first-order chi connectivity index (χ1) is 22.6. The van der Waals surface area contributed by atoms with E-state index >= 15 is 4.39 Å².